The molecule has 0 saturated heterocycles. The number of nitrogens with two attached hydrogens (primary N) is 1. The first-order valence-electron chi connectivity index (χ1n) is 31.0. The first-order chi connectivity index (χ1) is 38.5. The molecule has 81 heavy (non-hydrogen) atoms. The van der Waals surface area contributed by atoms with Crippen LogP contribution in [0.25, 0.3) is 5.69 Å². The van der Waals surface area contributed by atoms with Crippen LogP contribution in [0.5, 0.6) is 5.88 Å². The SMILES string of the molecule is CC(C)=NCC(=O)OC(C)(C)C.CC(C)=NN(CC1CCCCC1)C(=O)OC(C)(C)C.CC1=NN(CC2CCCCC2)C(=O)C1.Cc1cc(OCc2cc(C)nn2-c2ccccc2)n(CC2CCCCC2)n1.NCCC1CCCCC1. The van der Waals surface area contributed by atoms with Gasteiger partial charge in [0.05, 0.1) is 35.7 Å². The predicted molar refractivity (Wildman–Crippen MR) is 330 cm³/mol. The minimum atomic E-state index is -0.473. The van der Waals surface area contributed by atoms with Gasteiger partial charge < -0.3 is 19.9 Å². The van der Waals surface area contributed by atoms with Gasteiger partial charge >= 0.3 is 12.1 Å². The third kappa shape index (κ3) is 28.4. The molecule has 4 saturated carbocycles. The minimum absolute atomic E-state index is 0.125. The Labute approximate surface area is 488 Å². The molecule has 4 aliphatic carbocycles. The first kappa shape index (κ1) is 68.1. The molecule has 3 heterocycles. The molecule has 4 fully saturated rings. The summed E-state index contributed by atoms with van der Waals surface area (Å²) in [5.41, 5.74) is 11.4. The number of esters is 1. The maximum atomic E-state index is 12.2. The second-order valence-corrected chi connectivity index (χ2v) is 25.7. The van der Waals surface area contributed by atoms with Crippen molar-refractivity contribution < 1.29 is 28.6 Å². The lowest BCUT2D eigenvalue weighted by Gasteiger charge is -2.29. The molecule has 3 aromatic rings. The van der Waals surface area contributed by atoms with Crippen LogP contribution in [0.4, 0.5) is 4.79 Å². The number of carbonyl (C=O) groups is 3. The molecule has 16 nitrogen and oxygen atoms in total. The summed E-state index contributed by atoms with van der Waals surface area (Å²) in [5.74, 6) is 3.72. The lowest BCUT2D eigenvalue weighted by molar-refractivity contribution is -0.152. The van der Waals surface area contributed by atoms with Crippen molar-refractivity contribution in [1.29, 1.82) is 0 Å². The number of hydrogen-bond donors (Lipinski definition) is 1. The Balaban J connectivity index is 0.000000230. The Morgan fingerprint density at radius 1 is 0.667 bits per heavy atom. The van der Waals surface area contributed by atoms with Crippen molar-refractivity contribution in [3.8, 4) is 11.6 Å². The fraction of sp³-hybridized carbons (Fsp3) is 0.723. The van der Waals surface area contributed by atoms with Crippen LogP contribution in [0.15, 0.2) is 57.7 Å². The van der Waals surface area contributed by atoms with E-state index in [2.05, 4.69) is 48.3 Å². The highest BCUT2D eigenvalue weighted by molar-refractivity contribution is 6.03. The van der Waals surface area contributed by atoms with Crippen molar-refractivity contribution in [3.63, 3.8) is 0 Å². The Bertz CT molecular complexity index is 2380. The maximum Gasteiger partial charge on any atom is 0.430 e. The van der Waals surface area contributed by atoms with Gasteiger partial charge in [0.25, 0.3) is 0 Å². The molecule has 454 valence electrons. The van der Waals surface area contributed by atoms with E-state index in [1.54, 1.807) is 5.01 Å². The van der Waals surface area contributed by atoms with Crippen molar-refractivity contribution >= 4 is 35.1 Å². The maximum absolute atomic E-state index is 12.2. The number of benzene rings is 1. The van der Waals surface area contributed by atoms with E-state index < -0.39 is 11.2 Å². The van der Waals surface area contributed by atoms with E-state index in [4.69, 9.17) is 19.9 Å². The number of carbonyl (C=O) groups excluding carboxylic acids is 3. The Hall–Kier alpha value is -5.38. The van der Waals surface area contributed by atoms with E-state index in [9.17, 15) is 14.4 Å². The normalized spacial score (nSPS) is 17.3. The highest BCUT2D eigenvalue weighted by Crippen LogP contribution is 2.30. The topological polar surface area (TPSA) is 184 Å². The molecular formula is C65H108N10O6. The van der Waals surface area contributed by atoms with Crippen LogP contribution in [0.2, 0.25) is 0 Å². The van der Waals surface area contributed by atoms with E-state index >= 15 is 0 Å². The average Bonchev–Trinajstić information content (AvgIpc) is 4.09. The Morgan fingerprint density at radius 2 is 1.19 bits per heavy atom. The van der Waals surface area contributed by atoms with E-state index in [1.807, 2.05) is 119 Å². The number of rotatable bonds is 15. The zero-order valence-corrected chi connectivity index (χ0v) is 52.7. The van der Waals surface area contributed by atoms with Gasteiger partial charge in [-0.05, 0) is 183 Å². The monoisotopic (exact) mass is 1120 g/mol. The van der Waals surface area contributed by atoms with Crippen LogP contribution in [0, 0.1) is 37.5 Å². The number of hydrazone groups is 2. The summed E-state index contributed by atoms with van der Waals surface area (Å²) < 4.78 is 20.7. The highest BCUT2D eigenvalue weighted by atomic mass is 16.6. The van der Waals surface area contributed by atoms with Gasteiger partial charge in [0.1, 0.15) is 24.4 Å². The lowest BCUT2D eigenvalue weighted by Crippen LogP contribution is -2.37. The molecular weight excluding hydrogens is 1020 g/mol. The lowest BCUT2D eigenvalue weighted by atomic mass is 9.87. The molecule has 2 aromatic heterocycles. The molecule has 1 aliphatic heterocycles. The molecule has 2 amide bonds. The van der Waals surface area contributed by atoms with Gasteiger partial charge in [-0.25, -0.2) is 19.2 Å². The van der Waals surface area contributed by atoms with Crippen LogP contribution in [0.3, 0.4) is 0 Å². The van der Waals surface area contributed by atoms with Gasteiger partial charge in [-0.2, -0.15) is 25.4 Å². The Morgan fingerprint density at radius 3 is 1.68 bits per heavy atom. The molecule has 16 heteroatoms. The van der Waals surface area contributed by atoms with Gasteiger partial charge in [-0.15, -0.1) is 0 Å². The largest absolute Gasteiger partial charge is 0.471 e. The predicted octanol–water partition coefficient (Wildman–Crippen LogP) is 14.9. The number of nitrogens with zero attached hydrogens (tertiary/aromatic N) is 9. The molecule has 2 N–H and O–H groups in total. The zero-order chi connectivity index (χ0) is 59.4. The summed E-state index contributed by atoms with van der Waals surface area (Å²) >= 11 is 0. The second kappa shape index (κ2) is 35.6. The van der Waals surface area contributed by atoms with Gasteiger partial charge in [0.15, 0.2) is 0 Å². The summed E-state index contributed by atoms with van der Waals surface area (Å²) in [7, 11) is 0. The average molecular weight is 1130 g/mol. The van der Waals surface area contributed by atoms with Crippen LogP contribution in [-0.4, -0.2) is 102 Å². The van der Waals surface area contributed by atoms with Gasteiger partial charge in [0.2, 0.25) is 11.8 Å². The summed E-state index contributed by atoms with van der Waals surface area (Å²) in [5, 5.41) is 21.1. The second-order valence-electron chi connectivity index (χ2n) is 25.7. The number of hydrogen-bond acceptors (Lipinski definition) is 12. The molecule has 8 rings (SSSR count). The van der Waals surface area contributed by atoms with Gasteiger partial charge in [-0.3, -0.25) is 14.6 Å². The van der Waals surface area contributed by atoms with Crippen LogP contribution < -0.4 is 10.5 Å². The summed E-state index contributed by atoms with van der Waals surface area (Å²) in [6.07, 6.45) is 28.2. The molecule has 0 spiro atoms. The molecule has 1 aromatic carbocycles. The number of para-hydroxylation sites is 1. The van der Waals surface area contributed by atoms with Crippen LogP contribution >= 0.6 is 0 Å². The number of aromatic nitrogens is 4. The van der Waals surface area contributed by atoms with Crippen molar-refractivity contribution in [3.05, 3.63) is 59.5 Å². The van der Waals surface area contributed by atoms with E-state index in [1.165, 1.54) is 140 Å². The summed E-state index contributed by atoms with van der Waals surface area (Å²) in [6.45, 7) is 28.6. The first-order valence-corrected chi connectivity index (χ1v) is 31.0. The highest BCUT2D eigenvalue weighted by Gasteiger charge is 2.27. The fourth-order valence-electron chi connectivity index (χ4n) is 11.0. The van der Waals surface area contributed by atoms with Crippen LogP contribution in [-0.2, 0) is 32.2 Å². The standard InChI is InChI=1S/C22H28N4O.C15H28N2O2.C11H18N2O.C9H17NO2.C8H17N/c1-17-13-21(26(24-17)20-11-7-4-8-12-20)16-27-22-14-18(2)23-25(22)15-19-9-5-3-6-10-19;1-12(2)16-17(14(18)19-15(3,4)5)11-13-9-7-6-8-10-13;1-9-7-11(14)13(12-9)8-10-5-3-2-4-6-10;1-7(2)10-6-8(11)12-9(3,4)5;9-7-6-8-4-2-1-3-5-8/h4,7-8,11-14,19H,3,5-6,9-10,15-16H2,1-2H3;13H,6-11H2,1-5H3;10H,2-8H2,1H3;6H2,1-5H3;8H,1-7,9H2. The molecule has 0 unspecified atom stereocenters. The van der Waals surface area contributed by atoms with E-state index in [0.717, 1.165) is 77.3 Å². The number of ether oxygens (including phenoxy) is 3. The van der Waals surface area contributed by atoms with Crippen molar-refractivity contribution in [2.24, 2.45) is 44.6 Å². The summed E-state index contributed by atoms with van der Waals surface area (Å²) in [6, 6.07) is 14.3. The minimum Gasteiger partial charge on any atom is -0.471 e. The Kier molecular flexibility index (Phi) is 29.9. The third-order valence-electron chi connectivity index (χ3n) is 14.8. The zero-order valence-electron chi connectivity index (χ0n) is 52.7. The quantitative estimate of drug-likeness (QED) is 0.0879. The molecule has 0 radical (unpaired) electrons. The van der Waals surface area contributed by atoms with Crippen LogP contribution in [0.1, 0.15) is 235 Å². The van der Waals surface area contributed by atoms with Crippen molar-refractivity contribution in [2.45, 2.75) is 256 Å². The number of amides is 2. The van der Waals surface area contributed by atoms with E-state index in [0.29, 0.717) is 31.4 Å². The number of aryl methyl sites for hydroxylation is 2. The van der Waals surface area contributed by atoms with Gasteiger partial charge in [0, 0.05) is 36.3 Å². The van der Waals surface area contributed by atoms with E-state index in [-0.39, 0.29) is 24.5 Å². The van der Waals surface area contributed by atoms with Gasteiger partial charge in [-0.1, -0.05) is 108 Å². The smallest absolute Gasteiger partial charge is 0.430 e. The molecule has 0 bridgehead atoms. The fourth-order valence-corrected chi connectivity index (χ4v) is 11.0. The third-order valence-corrected chi connectivity index (χ3v) is 14.8. The van der Waals surface area contributed by atoms with Crippen molar-refractivity contribution in [2.75, 3.05) is 26.2 Å². The number of aliphatic imine (C=N–C) groups is 1. The summed E-state index contributed by atoms with van der Waals surface area (Å²) in [4.78, 5) is 38.6. The van der Waals surface area contributed by atoms with Crippen molar-refractivity contribution in [1.82, 2.24) is 29.6 Å². The molecule has 5 aliphatic rings. The molecule has 0 atom stereocenters.